The first-order valence-corrected chi connectivity index (χ1v) is 5.92. The molecule has 0 aromatic carbocycles. The molecule has 0 bridgehead atoms. The second-order valence-corrected chi connectivity index (χ2v) is 4.87. The summed E-state index contributed by atoms with van der Waals surface area (Å²) in [7, 11) is 1.50. The van der Waals surface area contributed by atoms with Crippen LogP contribution in [0.2, 0.25) is 5.15 Å². The van der Waals surface area contributed by atoms with E-state index in [0.717, 1.165) is 5.69 Å². The van der Waals surface area contributed by atoms with Gasteiger partial charge >= 0.3 is 0 Å². The van der Waals surface area contributed by atoms with Crippen molar-refractivity contribution in [1.29, 1.82) is 0 Å². The van der Waals surface area contributed by atoms with Gasteiger partial charge in [0.25, 0.3) is 0 Å². The highest BCUT2D eigenvalue weighted by Crippen LogP contribution is 2.33. The molecule has 2 aromatic rings. The lowest BCUT2D eigenvalue weighted by molar-refractivity contribution is 0.0197. The highest BCUT2D eigenvalue weighted by molar-refractivity contribution is 6.29. The van der Waals surface area contributed by atoms with E-state index in [1.54, 1.807) is 23.0 Å². The lowest BCUT2D eigenvalue weighted by atomic mass is 9.97. The molecule has 1 saturated heterocycles. The molecule has 0 aliphatic carbocycles. The quantitative estimate of drug-likeness (QED) is 0.849. The Morgan fingerprint density at radius 1 is 1.56 bits per heavy atom. The molecule has 0 atom stereocenters. The molecular weight excluding hydrogens is 259 g/mol. The third kappa shape index (κ3) is 1.81. The predicted octanol–water partition coefficient (Wildman–Crippen LogP) is 1.56. The van der Waals surface area contributed by atoms with Gasteiger partial charge in [-0.3, -0.25) is 0 Å². The Labute approximate surface area is 108 Å². The Morgan fingerprint density at radius 2 is 2.33 bits per heavy atom. The fraction of sp³-hybridized carbons (Fsp3) is 0.455. The van der Waals surface area contributed by atoms with Gasteiger partial charge < -0.3 is 9.64 Å². The van der Waals surface area contributed by atoms with E-state index in [4.69, 9.17) is 16.3 Å². The topological polar surface area (TPSA) is 42.7 Å². The summed E-state index contributed by atoms with van der Waals surface area (Å²) in [5.74, 6) is 0. The van der Waals surface area contributed by atoms with Crippen LogP contribution in [0.1, 0.15) is 0 Å². The minimum Gasteiger partial charge on any atom is -0.381 e. The van der Waals surface area contributed by atoms with Crippen LogP contribution in [0.5, 0.6) is 0 Å². The Balaban J connectivity index is 1.90. The number of methoxy groups -OCH3 is 1. The van der Waals surface area contributed by atoms with Crippen molar-refractivity contribution in [2.75, 3.05) is 31.7 Å². The van der Waals surface area contributed by atoms with Crippen molar-refractivity contribution in [2.24, 2.45) is 0 Å². The molecule has 5 nitrogen and oxygen atoms in total. The smallest absolute Gasteiger partial charge is 0.177 e. The number of anilines is 1. The summed E-state index contributed by atoms with van der Waals surface area (Å²) in [4.78, 5) is 6.09. The average Bonchev–Trinajstić information content (AvgIpc) is 2.72. The van der Waals surface area contributed by atoms with Crippen LogP contribution in [0.25, 0.3) is 5.65 Å². The van der Waals surface area contributed by atoms with E-state index < -0.39 is 5.67 Å². The molecule has 0 spiro atoms. The van der Waals surface area contributed by atoms with Crippen molar-refractivity contribution in [2.45, 2.75) is 5.67 Å². The van der Waals surface area contributed by atoms with Crippen molar-refractivity contribution >= 4 is 22.9 Å². The minimum absolute atomic E-state index is 0.104. The summed E-state index contributed by atoms with van der Waals surface area (Å²) in [5.41, 5.74) is 0.192. The van der Waals surface area contributed by atoms with Crippen LogP contribution in [0.4, 0.5) is 10.1 Å². The number of hydrogen-bond acceptors (Lipinski definition) is 4. The van der Waals surface area contributed by atoms with Crippen LogP contribution < -0.4 is 4.90 Å². The van der Waals surface area contributed by atoms with Gasteiger partial charge in [-0.2, -0.15) is 5.10 Å². The Morgan fingerprint density at radius 3 is 3.06 bits per heavy atom. The standard InChI is InChI=1S/C11H12ClFN4O/c1-18-7-11(13)5-16(6-11)8-4-9(12)15-17-3-2-14-10(8)17/h2-4H,5-7H2,1H3. The van der Waals surface area contributed by atoms with Crippen LogP contribution in [0.3, 0.4) is 0 Å². The highest BCUT2D eigenvalue weighted by Gasteiger charge is 2.44. The molecular formula is C11H12ClFN4O. The predicted molar refractivity (Wildman–Crippen MR) is 65.9 cm³/mol. The summed E-state index contributed by atoms with van der Waals surface area (Å²) in [6.45, 7) is 0.667. The van der Waals surface area contributed by atoms with E-state index in [1.807, 2.05) is 4.90 Å². The number of hydrogen-bond donors (Lipinski definition) is 0. The van der Waals surface area contributed by atoms with Gasteiger partial charge in [-0.15, -0.1) is 0 Å². The molecule has 0 amide bonds. The molecule has 1 aliphatic heterocycles. The second kappa shape index (κ2) is 4.07. The van der Waals surface area contributed by atoms with Crippen LogP contribution >= 0.6 is 11.6 Å². The van der Waals surface area contributed by atoms with Crippen molar-refractivity contribution in [3.63, 3.8) is 0 Å². The zero-order valence-corrected chi connectivity index (χ0v) is 10.6. The third-order valence-corrected chi connectivity index (χ3v) is 3.19. The molecule has 18 heavy (non-hydrogen) atoms. The Kier molecular flexibility index (Phi) is 2.64. The summed E-state index contributed by atoms with van der Waals surface area (Å²) in [6.07, 6.45) is 3.35. The number of imidazole rings is 1. The number of halogens is 2. The molecule has 0 saturated carbocycles. The number of alkyl halides is 1. The molecule has 0 radical (unpaired) electrons. The largest absolute Gasteiger partial charge is 0.381 e. The molecule has 3 rings (SSSR count). The monoisotopic (exact) mass is 270 g/mol. The zero-order valence-electron chi connectivity index (χ0n) is 9.81. The maximum atomic E-state index is 14.0. The van der Waals surface area contributed by atoms with Crippen LogP contribution in [0.15, 0.2) is 18.5 Å². The molecule has 1 fully saturated rings. The van der Waals surface area contributed by atoms with E-state index in [9.17, 15) is 4.39 Å². The molecule has 2 aromatic heterocycles. The molecule has 7 heteroatoms. The first kappa shape index (κ1) is 11.7. The summed E-state index contributed by atoms with van der Waals surface area (Å²) in [5, 5.41) is 4.44. The van der Waals surface area contributed by atoms with Crippen LogP contribution in [-0.2, 0) is 4.74 Å². The summed E-state index contributed by atoms with van der Waals surface area (Å²) in [6, 6.07) is 1.70. The Hall–Kier alpha value is -1.40. The lowest BCUT2D eigenvalue weighted by Crippen LogP contribution is -2.61. The van der Waals surface area contributed by atoms with E-state index in [2.05, 4.69) is 10.1 Å². The van der Waals surface area contributed by atoms with Crippen molar-refractivity contribution in [1.82, 2.24) is 14.6 Å². The van der Waals surface area contributed by atoms with E-state index in [0.29, 0.717) is 10.8 Å². The van der Waals surface area contributed by atoms with Crippen LogP contribution in [-0.4, -0.2) is 47.1 Å². The fourth-order valence-corrected chi connectivity index (χ4v) is 2.45. The lowest BCUT2D eigenvalue weighted by Gasteiger charge is -2.45. The van der Waals surface area contributed by atoms with Gasteiger partial charge in [-0.05, 0) is 0 Å². The summed E-state index contributed by atoms with van der Waals surface area (Å²) < 4.78 is 20.5. The normalized spacial score (nSPS) is 18.1. The Bertz CT molecular complexity index is 581. The number of fused-ring (bicyclic) bond motifs is 1. The minimum atomic E-state index is -1.28. The SMILES string of the molecule is COCC1(F)CN(c2cc(Cl)nn3ccnc23)C1. The van der Waals surface area contributed by atoms with Gasteiger partial charge in [0, 0.05) is 25.6 Å². The van der Waals surface area contributed by atoms with Gasteiger partial charge in [0.15, 0.2) is 16.5 Å². The number of aromatic nitrogens is 3. The van der Waals surface area contributed by atoms with E-state index in [1.165, 1.54) is 7.11 Å². The molecule has 1 aliphatic rings. The molecule has 96 valence electrons. The van der Waals surface area contributed by atoms with Crippen molar-refractivity contribution in [3.05, 3.63) is 23.6 Å². The number of rotatable bonds is 3. The van der Waals surface area contributed by atoms with Gasteiger partial charge in [-0.1, -0.05) is 11.6 Å². The molecule has 3 heterocycles. The van der Waals surface area contributed by atoms with E-state index >= 15 is 0 Å². The molecule has 0 unspecified atom stereocenters. The molecule has 0 N–H and O–H groups in total. The fourth-order valence-electron chi connectivity index (χ4n) is 2.26. The number of ether oxygens (including phenoxy) is 1. The zero-order chi connectivity index (χ0) is 12.8. The van der Waals surface area contributed by atoms with Gasteiger partial charge in [-0.25, -0.2) is 13.9 Å². The summed E-state index contributed by atoms with van der Waals surface area (Å²) >= 11 is 5.93. The second-order valence-electron chi connectivity index (χ2n) is 4.49. The maximum Gasteiger partial charge on any atom is 0.177 e. The van der Waals surface area contributed by atoms with Gasteiger partial charge in [0.05, 0.1) is 25.4 Å². The third-order valence-electron chi connectivity index (χ3n) is 3.00. The van der Waals surface area contributed by atoms with Gasteiger partial charge in [0.1, 0.15) is 0 Å². The highest BCUT2D eigenvalue weighted by atomic mass is 35.5. The maximum absolute atomic E-state index is 14.0. The number of nitrogens with zero attached hydrogens (tertiary/aromatic N) is 4. The first-order chi connectivity index (χ1) is 8.61. The van der Waals surface area contributed by atoms with Crippen LogP contribution in [0, 0.1) is 0 Å². The van der Waals surface area contributed by atoms with Gasteiger partial charge in [0.2, 0.25) is 0 Å². The van der Waals surface area contributed by atoms with E-state index in [-0.39, 0.29) is 19.7 Å². The van der Waals surface area contributed by atoms with Crippen molar-refractivity contribution in [3.8, 4) is 0 Å². The first-order valence-electron chi connectivity index (χ1n) is 5.54. The van der Waals surface area contributed by atoms with Crippen molar-refractivity contribution < 1.29 is 9.13 Å². The average molecular weight is 271 g/mol.